The Balaban J connectivity index is 1.76. The van der Waals surface area contributed by atoms with Gasteiger partial charge in [0.05, 0.1) is 5.69 Å². The standard InChI is InChI=1S/C13H14ClN3OS2/c1-2-11-12(20-17-16-11)13(18)15-7-8-19-10-5-3-9(14)4-6-10/h3-6H,2,7-8H2,1H3,(H,15,18). The van der Waals surface area contributed by atoms with E-state index in [1.165, 1.54) is 0 Å². The largest absolute Gasteiger partial charge is 0.350 e. The molecule has 20 heavy (non-hydrogen) atoms. The van der Waals surface area contributed by atoms with Crippen LogP contribution in [-0.2, 0) is 6.42 Å². The van der Waals surface area contributed by atoms with E-state index in [1.54, 1.807) is 11.8 Å². The first-order valence-electron chi connectivity index (χ1n) is 6.18. The van der Waals surface area contributed by atoms with Gasteiger partial charge in [0.1, 0.15) is 4.88 Å². The monoisotopic (exact) mass is 327 g/mol. The smallest absolute Gasteiger partial charge is 0.264 e. The van der Waals surface area contributed by atoms with E-state index in [2.05, 4.69) is 14.9 Å². The van der Waals surface area contributed by atoms with Crippen LogP contribution < -0.4 is 5.32 Å². The van der Waals surface area contributed by atoms with Crippen molar-refractivity contribution in [2.24, 2.45) is 0 Å². The van der Waals surface area contributed by atoms with E-state index in [4.69, 9.17) is 11.6 Å². The number of nitrogens with one attached hydrogen (secondary N) is 1. The second kappa shape index (κ2) is 7.61. The summed E-state index contributed by atoms with van der Waals surface area (Å²) in [5.41, 5.74) is 0.762. The lowest BCUT2D eigenvalue weighted by Gasteiger charge is -2.04. The van der Waals surface area contributed by atoms with Gasteiger partial charge in [-0.2, -0.15) is 0 Å². The molecule has 1 aromatic heterocycles. The molecule has 2 aromatic rings. The molecule has 1 heterocycles. The summed E-state index contributed by atoms with van der Waals surface area (Å²) in [6.45, 7) is 2.57. The van der Waals surface area contributed by atoms with Gasteiger partial charge in [0.15, 0.2) is 0 Å². The number of amides is 1. The molecule has 0 spiro atoms. The maximum absolute atomic E-state index is 11.9. The topological polar surface area (TPSA) is 54.9 Å². The lowest BCUT2D eigenvalue weighted by atomic mass is 10.3. The maximum atomic E-state index is 11.9. The highest BCUT2D eigenvalue weighted by molar-refractivity contribution is 7.99. The van der Waals surface area contributed by atoms with Gasteiger partial charge in [-0.3, -0.25) is 4.79 Å². The van der Waals surface area contributed by atoms with E-state index >= 15 is 0 Å². The number of rotatable bonds is 6. The van der Waals surface area contributed by atoms with Crippen LogP contribution >= 0.6 is 34.9 Å². The van der Waals surface area contributed by atoms with E-state index in [1.807, 2.05) is 31.2 Å². The van der Waals surface area contributed by atoms with Crippen LogP contribution in [0.5, 0.6) is 0 Å². The number of thioether (sulfide) groups is 1. The lowest BCUT2D eigenvalue weighted by Crippen LogP contribution is -2.25. The first-order valence-corrected chi connectivity index (χ1v) is 8.32. The third kappa shape index (κ3) is 4.19. The normalized spacial score (nSPS) is 10.5. The Kier molecular flexibility index (Phi) is 5.82. The van der Waals surface area contributed by atoms with Crippen molar-refractivity contribution in [1.29, 1.82) is 0 Å². The Hall–Kier alpha value is -1.11. The van der Waals surface area contributed by atoms with Crippen molar-refractivity contribution >= 4 is 40.8 Å². The van der Waals surface area contributed by atoms with Gasteiger partial charge < -0.3 is 5.32 Å². The minimum atomic E-state index is -0.0893. The van der Waals surface area contributed by atoms with Gasteiger partial charge in [-0.05, 0) is 42.2 Å². The second-order valence-corrected chi connectivity index (χ2v) is 6.32. The molecular formula is C13H14ClN3OS2. The van der Waals surface area contributed by atoms with Crippen LogP contribution in [0.1, 0.15) is 22.3 Å². The lowest BCUT2D eigenvalue weighted by molar-refractivity contribution is 0.0959. The van der Waals surface area contributed by atoms with Crippen molar-refractivity contribution in [2.75, 3.05) is 12.3 Å². The molecule has 1 amide bonds. The minimum absolute atomic E-state index is 0.0893. The molecule has 0 aliphatic carbocycles. The summed E-state index contributed by atoms with van der Waals surface area (Å²) in [5.74, 6) is 0.717. The molecule has 1 N–H and O–H groups in total. The summed E-state index contributed by atoms with van der Waals surface area (Å²) in [6, 6.07) is 7.66. The fraction of sp³-hybridized carbons (Fsp3) is 0.308. The third-order valence-corrected chi connectivity index (χ3v) is 4.60. The third-order valence-electron chi connectivity index (χ3n) is 2.57. The molecule has 106 valence electrons. The van der Waals surface area contributed by atoms with Gasteiger partial charge in [0.25, 0.3) is 5.91 Å². The van der Waals surface area contributed by atoms with Gasteiger partial charge in [-0.25, -0.2) is 0 Å². The summed E-state index contributed by atoms with van der Waals surface area (Å²) in [5, 5.41) is 7.54. The van der Waals surface area contributed by atoms with Crippen molar-refractivity contribution in [3.63, 3.8) is 0 Å². The molecule has 0 bridgehead atoms. The number of benzene rings is 1. The molecule has 0 saturated carbocycles. The molecule has 0 saturated heterocycles. The van der Waals surface area contributed by atoms with Gasteiger partial charge in [-0.15, -0.1) is 16.9 Å². The summed E-state index contributed by atoms with van der Waals surface area (Å²) in [6.07, 6.45) is 0.721. The first-order chi connectivity index (χ1) is 9.70. The van der Waals surface area contributed by atoms with Crippen molar-refractivity contribution in [2.45, 2.75) is 18.2 Å². The van der Waals surface area contributed by atoms with E-state index in [0.717, 1.165) is 39.3 Å². The molecule has 0 radical (unpaired) electrons. The Morgan fingerprint density at radius 3 is 2.85 bits per heavy atom. The molecule has 0 unspecified atom stereocenters. The van der Waals surface area contributed by atoms with E-state index in [-0.39, 0.29) is 5.91 Å². The molecule has 7 heteroatoms. The Morgan fingerprint density at radius 2 is 2.15 bits per heavy atom. The van der Waals surface area contributed by atoms with Crippen molar-refractivity contribution in [3.8, 4) is 0 Å². The summed E-state index contributed by atoms with van der Waals surface area (Å²) >= 11 is 8.64. The van der Waals surface area contributed by atoms with Gasteiger partial charge in [0.2, 0.25) is 0 Å². The highest BCUT2D eigenvalue weighted by atomic mass is 35.5. The van der Waals surface area contributed by atoms with Gasteiger partial charge in [-0.1, -0.05) is 23.0 Å². The number of hydrogen-bond donors (Lipinski definition) is 1. The molecular weight excluding hydrogens is 314 g/mol. The zero-order chi connectivity index (χ0) is 14.4. The Bertz CT molecular complexity index is 571. The predicted octanol–water partition coefficient (Wildman–Crippen LogP) is 3.28. The van der Waals surface area contributed by atoms with E-state index < -0.39 is 0 Å². The maximum Gasteiger partial charge on any atom is 0.264 e. The predicted molar refractivity (Wildman–Crippen MR) is 83.8 cm³/mol. The van der Waals surface area contributed by atoms with Crippen LogP contribution in [0.15, 0.2) is 29.2 Å². The summed E-state index contributed by atoms with van der Waals surface area (Å²) in [7, 11) is 0. The number of halogens is 1. The second-order valence-electron chi connectivity index (χ2n) is 3.96. The van der Waals surface area contributed by atoms with E-state index in [9.17, 15) is 4.79 Å². The first kappa shape index (κ1) is 15.3. The molecule has 0 aliphatic rings. The summed E-state index contributed by atoms with van der Waals surface area (Å²) in [4.78, 5) is 13.7. The zero-order valence-electron chi connectivity index (χ0n) is 10.9. The molecule has 4 nitrogen and oxygen atoms in total. The van der Waals surface area contributed by atoms with E-state index in [0.29, 0.717) is 11.4 Å². The van der Waals surface area contributed by atoms with Crippen molar-refractivity contribution < 1.29 is 4.79 Å². The van der Waals surface area contributed by atoms with Crippen LogP contribution in [-0.4, -0.2) is 27.8 Å². The van der Waals surface area contributed by atoms with Crippen LogP contribution in [0.4, 0.5) is 0 Å². The van der Waals surface area contributed by atoms with Crippen LogP contribution in [0, 0.1) is 0 Å². The minimum Gasteiger partial charge on any atom is -0.350 e. The number of carbonyl (C=O) groups is 1. The highest BCUT2D eigenvalue weighted by Gasteiger charge is 2.13. The average Bonchev–Trinajstić information content (AvgIpc) is 2.94. The van der Waals surface area contributed by atoms with Gasteiger partial charge in [0, 0.05) is 22.2 Å². The number of hydrogen-bond acceptors (Lipinski definition) is 5. The number of carbonyl (C=O) groups excluding carboxylic acids is 1. The fourth-order valence-corrected chi connectivity index (χ4v) is 3.12. The number of aryl methyl sites for hydroxylation is 1. The number of aromatic nitrogens is 2. The van der Waals surface area contributed by atoms with Gasteiger partial charge >= 0.3 is 0 Å². The quantitative estimate of drug-likeness (QED) is 0.653. The Labute approximate surface area is 131 Å². The average molecular weight is 328 g/mol. The van der Waals surface area contributed by atoms with Crippen molar-refractivity contribution in [3.05, 3.63) is 39.9 Å². The zero-order valence-corrected chi connectivity index (χ0v) is 13.3. The molecule has 1 aromatic carbocycles. The van der Waals surface area contributed by atoms with Crippen LogP contribution in [0.2, 0.25) is 5.02 Å². The SMILES string of the molecule is CCc1nnsc1C(=O)NCCSc1ccc(Cl)cc1. The van der Waals surface area contributed by atoms with Crippen LogP contribution in [0.25, 0.3) is 0 Å². The Morgan fingerprint density at radius 1 is 1.40 bits per heavy atom. The van der Waals surface area contributed by atoms with Crippen molar-refractivity contribution in [1.82, 2.24) is 14.9 Å². The fourth-order valence-electron chi connectivity index (χ4n) is 1.56. The molecule has 0 fully saturated rings. The number of nitrogens with zero attached hydrogens (tertiary/aromatic N) is 2. The van der Waals surface area contributed by atoms with Crippen LogP contribution in [0.3, 0.4) is 0 Å². The molecule has 0 aliphatic heterocycles. The molecule has 0 atom stereocenters. The molecule has 2 rings (SSSR count). The summed E-state index contributed by atoms with van der Waals surface area (Å²) < 4.78 is 3.81. The highest BCUT2D eigenvalue weighted by Crippen LogP contribution is 2.19.